The van der Waals surface area contributed by atoms with Crippen LogP contribution in [-0.2, 0) is 10.9 Å². The molecule has 1 saturated heterocycles. The number of hydrogen-bond acceptors (Lipinski definition) is 4. The molecule has 2 fully saturated rings. The van der Waals surface area contributed by atoms with E-state index in [1.54, 1.807) is 4.90 Å². The Morgan fingerprint density at radius 1 is 1.33 bits per heavy atom. The zero-order valence-electron chi connectivity index (χ0n) is 14.8. The molecule has 150 valence electrons. The van der Waals surface area contributed by atoms with Crippen LogP contribution in [-0.4, -0.2) is 66.8 Å². The molecule has 3 rings (SSSR count). The zero-order chi connectivity index (χ0) is 19.4. The number of amides is 2. The highest BCUT2D eigenvalue weighted by molar-refractivity contribution is 5.89. The number of hydrogen-bond donors (Lipinski definition) is 2. The van der Waals surface area contributed by atoms with Crippen molar-refractivity contribution in [3.05, 3.63) is 28.2 Å². The topological polar surface area (TPSA) is 77.7 Å². The Morgan fingerprint density at radius 2 is 2.04 bits per heavy atom. The predicted octanol–water partition coefficient (Wildman–Crippen LogP) is 1.97. The summed E-state index contributed by atoms with van der Waals surface area (Å²) in [7, 11) is 0. The highest BCUT2D eigenvalue weighted by Crippen LogP contribution is 2.30. The largest absolute Gasteiger partial charge is 0.417 e. The third-order valence-electron chi connectivity index (χ3n) is 4.72. The van der Waals surface area contributed by atoms with Gasteiger partial charge in [-0.1, -0.05) is 0 Å². The number of nitrogens with one attached hydrogen (secondary N) is 2. The first kappa shape index (κ1) is 19.7. The normalized spacial score (nSPS) is 18.3. The van der Waals surface area contributed by atoms with Gasteiger partial charge < -0.3 is 19.9 Å². The Bertz CT molecular complexity index is 712. The summed E-state index contributed by atoms with van der Waals surface area (Å²) in [5.74, 6) is 0.417. The first-order valence-electron chi connectivity index (χ1n) is 8.99. The van der Waals surface area contributed by atoms with Gasteiger partial charge >= 0.3 is 12.2 Å². The Morgan fingerprint density at radius 3 is 2.67 bits per heavy atom. The highest BCUT2D eigenvalue weighted by atomic mass is 19.4. The third kappa shape index (κ3) is 5.70. The van der Waals surface area contributed by atoms with E-state index >= 15 is 0 Å². The number of carbonyl (C=O) groups is 1. The summed E-state index contributed by atoms with van der Waals surface area (Å²) >= 11 is 0. The minimum atomic E-state index is -4.60. The van der Waals surface area contributed by atoms with Gasteiger partial charge in [0.2, 0.25) is 0 Å². The number of aromatic amines is 1. The van der Waals surface area contributed by atoms with Crippen molar-refractivity contribution in [1.29, 1.82) is 0 Å². The molecule has 0 radical (unpaired) electrons. The molecule has 2 amide bonds. The number of ether oxygens (including phenoxy) is 1. The SMILES string of the molecule is O=C(Nc1cc(C(F)(F)F)c[nH]c1=O)N(CCN1CCOCC1)CC1CC1. The van der Waals surface area contributed by atoms with Crippen molar-refractivity contribution < 1.29 is 22.7 Å². The molecule has 2 aliphatic rings. The molecule has 1 aromatic rings. The number of pyridine rings is 1. The van der Waals surface area contributed by atoms with Crippen molar-refractivity contribution in [3.8, 4) is 0 Å². The van der Waals surface area contributed by atoms with E-state index in [2.05, 4.69) is 10.2 Å². The molecule has 0 aromatic carbocycles. The Balaban J connectivity index is 1.65. The minimum Gasteiger partial charge on any atom is -0.379 e. The number of halogens is 3. The summed E-state index contributed by atoms with van der Waals surface area (Å²) in [5.41, 5.74) is -2.18. The molecule has 0 bridgehead atoms. The molecule has 0 unspecified atom stereocenters. The van der Waals surface area contributed by atoms with Gasteiger partial charge in [-0.15, -0.1) is 0 Å². The fraction of sp³-hybridized carbons (Fsp3) is 0.647. The molecule has 1 saturated carbocycles. The molecule has 2 N–H and O–H groups in total. The molecule has 0 spiro atoms. The van der Waals surface area contributed by atoms with Crippen molar-refractivity contribution in [2.45, 2.75) is 19.0 Å². The highest BCUT2D eigenvalue weighted by Gasteiger charge is 2.32. The van der Waals surface area contributed by atoms with Gasteiger partial charge in [-0.25, -0.2) is 4.79 Å². The average Bonchev–Trinajstić information content (AvgIpc) is 3.44. The molecule has 7 nitrogen and oxygen atoms in total. The Kier molecular flexibility index (Phi) is 6.05. The van der Waals surface area contributed by atoms with Crippen LogP contribution in [0.25, 0.3) is 0 Å². The van der Waals surface area contributed by atoms with Crippen molar-refractivity contribution in [3.63, 3.8) is 0 Å². The van der Waals surface area contributed by atoms with Gasteiger partial charge in [-0.05, 0) is 24.8 Å². The number of morpholine rings is 1. The molecule has 1 aliphatic carbocycles. The van der Waals surface area contributed by atoms with Crippen LogP contribution in [0.5, 0.6) is 0 Å². The second-order valence-electron chi connectivity index (χ2n) is 6.90. The minimum absolute atomic E-state index is 0.401. The summed E-state index contributed by atoms with van der Waals surface area (Å²) < 4.78 is 43.8. The maximum atomic E-state index is 12.8. The van der Waals surface area contributed by atoms with E-state index in [0.717, 1.165) is 25.9 Å². The summed E-state index contributed by atoms with van der Waals surface area (Å²) in [5, 5.41) is 2.34. The number of urea groups is 1. The van der Waals surface area contributed by atoms with Gasteiger partial charge in [0, 0.05) is 38.9 Å². The van der Waals surface area contributed by atoms with E-state index in [1.807, 2.05) is 4.98 Å². The first-order valence-corrected chi connectivity index (χ1v) is 8.99. The lowest BCUT2D eigenvalue weighted by Crippen LogP contribution is -2.45. The fourth-order valence-corrected chi connectivity index (χ4v) is 2.91. The van der Waals surface area contributed by atoms with E-state index < -0.39 is 29.0 Å². The van der Waals surface area contributed by atoms with Crippen LogP contribution in [0.1, 0.15) is 18.4 Å². The summed E-state index contributed by atoms with van der Waals surface area (Å²) in [4.78, 5) is 30.2. The number of H-pyrrole nitrogens is 1. The molecule has 1 aromatic heterocycles. The second-order valence-corrected chi connectivity index (χ2v) is 6.90. The van der Waals surface area contributed by atoms with Gasteiger partial charge in [-0.3, -0.25) is 9.69 Å². The van der Waals surface area contributed by atoms with Crippen LogP contribution < -0.4 is 10.9 Å². The number of aromatic nitrogens is 1. The van der Waals surface area contributed by atoms with E-state index in [-0.39, 0.29) is 0 Å². The van der Waals surface area contributed by atoms with E-state index in [1.165, 1.54) is 0 Å². The summed E-state index contributed by atoms with van der Waals surface area (Å²) in [6.45, 7) is 4.50. The first-order chi connectivity index (χ1) is 12.8. The molecule has 27 heavy (non-hydrogen) atoms. The van der Waals surface area contributed by atoms with Crippen LogP contribution in [0.3, 0.4) is 0 Å². The maximum absolute atomic E-state index is 12.8. The standard InChI is InChI=1S/C17H23F3N4O3/c18-17(19,20)13-9-14(15(25)21-10-13)22-16(26)24(11-12-1-2-12)4-3-23-5-7-27-8-6-23/h9-10,12H,1-8,11H2,(H,21,25)(H,22,26). The third-order valence-corrected chi connectivity index (χ3v) is 4.72. The van der Waals surface area contributed by atoms with Crippen LogP contribution in [0.15, 0.2) is 17.1 Å². The van der Waals surface area contributed by atoms with Crippen molar-refractivity contribution in [1.82, 2.24) is 14.8 Å². The molecule has 1 aliphatic heterocycles. The molecule has 10 heteroatoms. The predicted molar refractivity (Wildman–Crippen MR) is 92.6 cm³/mol. The Hall–Kier alpha value is -2.07. The van der Waals surface area contributed by atoms with Gasteiger partial charge in [-0.2, -0.15) is 13.2 Å². The van der Waals surface area contributed by atoms with Crippen LogP contribution in [0.4, 0.5) is 23.7 Å². The number of nitrogens with zero attached hydrogens (tertiary/aromatic N) is 2. The summed E-state index contributed by atoms with van der Waals surface area (Å²) in [6, 6.07) is 0.105. The second kappa shape index (κ2) is 8.30. The lowest BCUT2D eigenvalue weighted by Gasteiger charge is -2.30. The van der Waals surface area contributed by atoms with Gasteiger partial charge in [0.25, 0.3) is 5.56 Å². The van der Waals surface area contributed by atoms with Crippen LogP contribution in [0.2, 0.25) is 0 Å². The smallest absolute Gasteiger partial charge is 0.379 e. The lowest BCUT2D eigenvalue weighted by atomic mass is 10.2. The van der Waals surface area contributed by atoms with E-state index in [4.69, 9.17) is 4.74 Å². The number of rotatable bonds is 6. The molecular formula is C17H23F3N4O3. The molecular weight excluding hydrogens is 365 g/mol. The fourth-order valence-electron chi connectivity index (χ4n) is 2.91. The number of carbonyl (C=O) groups excluding carboxylic acids is 1. The quantitative estimate of drug-likeness (QED) is 0.781. The van der Waals surface area contributed by atoms with Gasteiger partial charge in [0.1, 0.15) is 5.69 Å². The number of alkyl halides is 3. The zero-order valence-corrected chi connectivity index (χ0v) is 14.8. The van der Waals surface area contributed by atoms with Crippen molar-refractivity contribution in [2.24, 2.45) is 5.92 Å². The molecule has 2 heterocycles. The van der Waals surface area contributed by atoms with E-state index in [9.17, 15) is 22.8 Å². The van der Waals surface area contributed by atoms with Crippen molar-refractivity contribution >= 4 is 11.7 Å². The monoisotopic (exact) mass is 388 g/mol. The lowest BCUT2D eigenvalue weighted by molar-refractivity contribution is -0.137. The van der Waals surface area contributed by atoms with Gasteiger partial charge in [0.05, 0.1) is 18.8 Å². The Labute approximate surface area is 154 Å². The number of anilines is 1. The van der Waals surface area contributed by atoms with Crippen LogP contribution in [0, 0.1) is 5.92 Å². The van der Waals surface area contributed by atoms with Crippen molar-refractivity contribution in [2.75, 3.05) is 51.3 Å². The maximum Gasteiger partial charge on any atom is 0.417 e. The average molecular weight is 388 g/mol. The van der Waals surface area contributed by atoms with E-state index in [0.29, 0.717) is 51.0 Å². The molecule has 0 atom stereocenters. The van der Waals surface area contributed by atoms with Crippen LogP contribution >= 0.6 is 0 Å². The summed E-state index contributed by atoms with van der Waals surface area (Å²) in [6.07, 6.45) is -1.94. The van der Waals surface area contributed by atoms with Gasteiger partial charge in [0.15, 0.2) is 0 Å².